The summed E-state index contributed by atoms with van der Waals surface area (Å²) in [6, 6.07) is 1.02. The smallest absolute Gasteiger partial charge is 0.0521 e. The van der Waals surface area contributed by atoms with Crippen molar-refractivity contribution in [3.63, 3.8) is 0 Å². The number of aliphatic hydroxyl groups excluding tert-OH is 1. The van der Waals surface area contributed by atoms with E-state index in [1.165, 1.54) is 19.3 Å². The molecule has 1 saturated heterocycles. The summed E-state index contributed by atoms with van der Waals surface area (Å²) in [5.41, 5.74) is 6.16. The van der Waals surface area contributed by atoms with Crippen LogP contribution in [0, 0.1) is 5.92 Å². The van der Waals surface area contributed by atoms with Crippen molar-refractivity contribution < 1.29 is 9.84 Å². The van der Waals surface area contributed by atoms with Crippen LogP contribution in [0.25, 0.3) is 0 Å². The van der Waals surface area contributed by atoms with Gasteiger partial charge in [0.15, 0.2) is 0 Å². The highest BCUT2D eigenvalue weighted by molar-refractivity contribution is 4.85. The monoisotopic (exact) mass is 242 g/mol. The third-order valence-corrected chi connectivity index (χ3v) is 4.20. The largest absolute Gasteiger partial charge is 0.396 e. The second-order valence-corrected chi connectivity index (χ2v) is 5.44. The van der Waals surface area contributed by atoms with E-state index in [-0.39, 0.29) is 6.61 Å². The van der Waals surface area contributed by atoms with E-state index in [1.807, 2.05) is 0 Å². The molecular weight excluding hydrogens is 216 g/mol. The van der Waals surface area contributed by atoms with Crippen LogP contribution in [0.5, 0.6) is 0 Å². The highest BCUT2D eigenvalue weighted by Crippen LogP contribution is 2.27. The zero-order valence-corrected chi connectivity index (χ0v) is 10.7. The summed E-state index contributed by atoms with van der Waals surface area (Å²) in [7, 11) is 0. The first-order valence-corrected chi connectivity index (χ1v) is 6.99. The van der Waals surface area contributed by atoms with Crippen LogP contribution in [-0.2, 0) is 4.74 Å². The summed E-state index contributed by atoms with van der Waals surface area (Å²) in [4.78, 5) is 2.53. The zero-order chi connectivity index (χ0) is 12.1. The molecule has 0 aromatic heterocycles. The van der Waals surface area contributed by atoms with Crippen LogP contribution in [0.4, 0.5) is 0 Å². The number of nitrogens with two attached hydrogens (primary N) is 1. The maximum atomic E-state index is 8.97. The van der Waals surface area contributed by atoms with Gasteiger partial charge in [-0.1, -0.05) is 6.42 Å². The minimum atomic E-state index is 0.288. The van der Waals surface area contributed by atoms with Gasteiger partial charge >= 0.3 is 0 Å². The standard InChI is InChI=1S/C13H26N2O2/c14-13-5-8-17-10-11(13)9-15(6-2-7-16)12-3-1-4-12/h11-13,16H,1-10,14H2. The van der Waals surface area contributed by atoms with Crippen LogP contribution in [0.2, 0.25) is 0 Å². The molecule has 1 aliphatic heterocycles. The third-order valence-electron chi connectivity index (χ3n) is 4.20. The summed E-state index contributed by atoms with van der Waals surface area (Å²) in [5, 5.41) is 8.97. The van der Waals surface area contributed by atoms with E-state index < -0.39 is 0 Å². The lowest BCUT2D eigenvalue weighted by molar-refractivity contribution is 0.00911. The van der Waals surface area contributed by atoms with Gasteiger partial charge in [0.1, 0.15) is 0 Å². The highest BCUT2D eigenvalue weighted by atomic mass is 16.5. The first-order chi connectivity index (χ1) is 8.31. The fourth-order valence-electron chi connectivity index (χ4n) is 2.75. The zero-order valence-electron chi connectivity index (χ0n) is 10.7. The Hall–Kier alpha value is -0.160. The molecule has 1 heterocycles. The van der Waals surface area contributed by atoms with Crippen LogP contribution in [0.1, 0.15) is 32.1 Å². The fourth-order valence-corrected chi connectivity index (χ4v) is 2.75. The lowest BCUT2D eigenvalue weighted by Crippen LogP contribution is -2.49. The summed E-state index contributed by atoms with van der Waals surface area (Å²) < 4.78 is 5.53. The Labute approximate surface area is 104 Å². The molecule has 2 aliphatic rings. The van der Waals surface area contributed by atoms with E-state index in [4.69, 9.17) is 15.6 Å². The topological polar surface area (TPSA) is 58.7 Å². The van der Waals surface area contributed by atoms with Crippen molar-refractivity contribution in [2.75, 3.05) is 32.9 Å². The van der Waals surface area contributed by atoms with Crippen molar-refractivity contribution in [3.8, 4) is 0 Å². The Morgan fingerprint density at radius 1 is 1.29 bits per heavy atom. The molecule has 2 fully saturated rings. The Morgan fingerprint density at radius 3 is 2.71 bits per heavy atom. The van der Waals surface area contributed by atoms with Gasteiger partial charge in [-0.15, -0.1) is 0 Å². The van der Waals surface area contributed by atoms with Gasteiger partial charge in [0, 0.05) is 44.3 Å². The van der Waals surface area contributed by atoms with Crippen molar-refractivity contribution in [1.29, 1.82) is 0 Å². The molecule has 3 N–H and O–H groups in total. The van der Waals surface area contributed by atoms with Gasteiger partial charge in [-0.25, -0.2) is 0 Å². The van der Waals surface area contributed by atoms with Gasteiger partial charge in [-0.3, -0.25) is 4.90 Å². The van der Waals surface area contributed by atoms with Crippen LogP contribution < -0.4 is 5.73 Å². The molecule has 2 unspecified atom stereocenters. The second-order valence-electron chi connectivity index (χ2n) is 5.44. The van der Waals surface area contributed by atoms with Crippen LogP contribution in [0.3, 0.4) is 0 Å². The fraction of sp³-hybridized carbons (Fsp3) is 1.00. The summed E-state index contributed by atoms with van der Waals surface area (Å²) in [6.45, 7) is 3.97. The molecule has 0 bridgehead atoms. The van der Waals surface area contributed by atoms with E-state index in [2.05, 4.69) is 4.90 Å². The highest BCUT2D eigenvalue weighted by Gasteiger charge is 2.30. The average Bonchev–Trinajstić information content (AvgIpc) is 2.26. The second kappa shape index (κ2) is 6.69. The van der Waals surface area contributed by atoms with Crippen molar-refractivity contribution >= 4 is 0 Å². The lowest BCUT2D eigenvalue weighted by atomic mass is 9.89. The molecule has 1 aliphatic carbocycles. The minimum absolute atomic E-state index is 0.288. The summed E-state index contributed by atoms with van der Waals surface area (Å²) in [6.07, 6.45) is 5.85. The van der Waals surface area contributed by atoms with Crippen LogP contribution in [-0.4, -0.2) is 55.0 Å². The quantitative estimate of drug-likeness (QED) is 0.715. The Kier molecular flexibility index (Phi) is 5.22. The predicted octanol–water partition coefficient (Wildman–Crippen LogP) is 0.587. The molecule has 4 nitrogen and oxygen atoms in total. The molecule has 1 saturated carbocycles. The maximum Gasteiger partial charge on any atom is 0.0521 e. The molecule has 2 rings (SSSR count). The number of rotatable bonds is 6. The number of hydrogen-bond donors (Lipinski definition) is 2. The van der Waals surface area contributed by atoms with Gasteiger partial charge in [0.2, 0.25) is 0 Å². The number of ether oxygens (including phenoxy) is 1. The van der Waals surface area contributed by atoms with Gasteiger partial charge in [0.05, 0.1) is 6.61 Å². The Balaban J connectivity index is 1.81. The van der Waals surface area contributed by atoms with Gasteiger partial charge in [-0.05, 0) is 25.7 Å². The Bertz CT molecular complexity index is 221. The van der Waals surface area contributed by atoms with Crippen LogP contribution in [0.15, 0.2) is 0 Å². The van der Waals surface area contributed by atoms with Crippen molar-refractivity contribution in [3.05, 3.63) is 0 Å². The van der Waals surface area contributed by atoms with Crippen molar-refractivity contribution in [2.45, 2.75) is 44.2 Å². The first kappa shape index (κ1) is 13.3. The van der Waals surface area contributed by atoms with Gasteiger partial charge < -0.3 is 15.6 Å². The van der Waals surface area contributed by atoms with E-state index >= 15 is 0 Å². The van der Waals surface area contributed by atoms with E-state index in [0.717, 1.165) is 45.2 Å². The Morgan fingerprint density at radius 2 is 2.12 bits per heavy atom. The molecule has 17 heavy (non-hydrogen) atoms. The van der Waals surface area contributed by atoms with Crippen molar-refractivity contribution in [2.24, 2.45) is 11.7 Å². The molecule has 4 heteroatoms. The van der Waals surface area contributed by atoms with Crippen molar-refractivity contribution in [1.82, 2.24) is 4.90 Å². The third kappa shape index (κ3) is 3.65. The SMILES string of the molecule is NC1CCOCC1CN(CCCO)C1CCC1. The molecule has 100 valence electrons. The van der Waals surface area contributed by atoms with E-state index in [9.17, 15) is 0 Å². The normalized spacial score (nSPS) is 30.5. The maximum absolute atomic E-state index is 8.97. The summed E-state index contributed by atoms with van der Waals surface area (Å²) >= 11 is 0. The lowest BCUT2D eigenvalue weighted by Gasteiger charge is -2.41. The van der Waals surface area contributed by atoms with E-state index in [0.29, 0.717) is 12.0 Å². The number of aliphatic hydroxyl groups is 1. The molecule has 2 atom stereocenters. The first-order valence-electron chi connectivity index (χ1n) is 6.99. The number of hydrogen-bond acceptors (Lipinski definition) is 4. The molecule has 0 radical (unpaired) electrons. The van der Waals surface area contributed by atoms with E-state index in [1.54, 1.807) is 0 Å². The number of nitrogens with zero attached hydrogens (tertiary/aromatic N) is 1. The van der Waals surface area contributed by atoms with Crippen LogP contribution >= 0.6 is 0 Å². The summed E-state index contributed by atoms with van der Waals surface area (Å²) in [5.74, 6) is 0.475. The molecule has 0 aromatic rings. The molecular formula is C13H26N2O2. The van der Waals surface area contributed by atoms with Gasteiger partial charge in [-0.2, -0.15) is 0 Å². The predicted molar refractivity (Wildman–Crippen MR) is 67.8 cm³/mol. The molecule has 0 spiro atoms. The minimum Gasteiger partial charge on any atom is -0.396 e. The van der Waals surface area contributed by atoms with Gasteiger partial charge in [0.25, 0.3) is 0 Å². The molecule has 0 amide bonds. The average molecular weight is 242 g/mol. The molecule has 0 aromatic carbocycles.